The number of methoxy groups -OCH3 is 2. The van der Waals surface area contributed by atoms with Crippen LogP contribution < -0.4 is 19.7 Å². The van der Waals surface area contributed by atoms with E-state index >= 15 is 0 Å². The van der Waals surface area contributed by atoms with Crippen LogP contribution in [-0.2, 0) is 7.05 Å². The van der Waals surface area contributed by atoms with Gasteiger partial charge in [0.25, 0.3) is 0 Å². The molecule has 0 aliphatic carbocycles. The summed E-state index contributed by atoms with van der Waals surface area (Å²) in [6, 6.07) is 12.2. The third kappa shape index (κ3) is 5.42. The van der Waals surface area contributed by atoms with Gasteiger partial charge in [-0.3, -0.25) is 9.67 Å². The van der Waals surface area contributed by atoms with Crippen molar-refractivity contribution >= 4 is 22.4 Å². The van der Waals surface area contributed by atoms with Crippen molar-refractivity contribution in [2.45, 2.75) is 6.42 Å². The van der Waals surface area contributed by atoms with Gasteiger partial charge in [0.1, 0.15) is 11.5 Å². The van der Waals surface area contributed by atoms with Gasteiger partial charge in [0.05, 0.1) is 43.3 Å². The van der Waals surface area contributed by atoms with Crippen molar-refractivity contribution in [3.63, 3.8) is 0 Å². The van der Waals surface area contributed by atoms with Crippen molar-refractivity contribution in [1.29, 1.82) is 0 Å². The number of rotatable bonds is 8. The normalized spacial score (nSPS) is 14.5. The van der Waals surface area contributed by atoms with Gasteiger partial charge >= 0.3 is 0 Å². The third-order valence-electron chi connectivity index (χ3n) is 6.56. The second kappa shape index (κ2) is 10.9. The topological polar surface area (TPSA) is 80.6 Å². The molecule has 2 aromatic carbocycles. The van der Waals surface area contributed by atoms with Crippen LogP contribution in [0.25, 0.3) is 22.3 Å². The minimum atomic E-state index is 0.757. The zero-order chi connectivity index (χ0) is 24.9. The Morgan fingerprint density at radius 2 is 1.78 bits per heavy atom. The SMILES string of the molecule is COc1cc(OC)cc(N(CCN2CCCNCC2)c2ccc3ncc(-c4cnn(C)c4)nc3c2)c1. The van der Waals surface area contributed by atoms with Crippen LogP contribution in [0.1, 0.15) is 6.42 Å². The average Bonchev–Trinajstić information content (AvgIpc) is 3.18. The third-order valence-corrected chi connectivity index (χ3v) is 6.56. The fourth-order valence-corrected chi connectivity index (χ4v) is 4.58. The maximum atomic E-state index is 5.58. The number of ether oxygens (including phenoxy) is 2. The van der Waals surface area contributed by atoms with E-state index in [0.29, 0.717) is 0 Å². The molecule has 1 aliphatic rings. The summed E-state index contributed by atoms with van der Waals surface area (Å²) in [5.74, 6) is 1.51. The average molecular weight is 488 g/mol. The molecule has 1 fully saturated rings. The van der Waals surface area contributed by atoms with Gasteiger partial charge in [0.2, 0.25) is 0 Å². The van der Waals surface area contributed by atoms with Crippen LogP contribution in [0.15, 0.2) is 55.0 Å². The first-order valence-electron chi connectivity index (χ1n) is 12.3. The van der Waals surface area contributed by atoms with Crippen LogP contribution in [0, 0.1) is 0 Å². The summed E-state index contributed by atoms with van der Waals surface area (Å²) in [4.78, 5) is 14.4. The second-order valence-electron chi connectivity index (χ2n) is 9.00. The van der Waals surface area contributed by atoms with Crippen LogP contribution in [0.3, 0.4) is 0 Å². The Bertz CT molecular complexity index is 1290. The number of aryl methyl sites for hydroxylation is 1. The van der Waals surface area contributed by atoms with Crippen LogP contribution in [-0.4, -0.2) is 78.1 Å². The quantitative estimate of drug-likeness (QED) is 0.405. The lowest BCUT2D eigenvalue weighted by atomic mass is 10.2. The predicted octanol–water partition coefficient (Wildman–Crippen LogP) is 3.48. The van der Waals surface area contributed by atoms with Crippen molar-refractivity contribution in [2.75, 3.05) is 58.4 Å². The maximum Gasteiger partial charge on any atom is 0.124 e. The number of hydrogen-bond donors (Lipinski definition) is 1. The van der Waals surface area contributed by atoms with E-state index in [-0.39, 0.29) is 0 Å². The number of nitrogens with zero attached hydrogens (tertiary/aromatic N) is 6. The molecule has 0 radical (unpaired) electrons. The first kappa shape index (κ1) is 24.0. The maximum absolute atomic E-state index is 5.58. The summed E-state index contributed by atoms with van der Waals surface area (Å²) < 4.78 is 12.9. The van der Waals surface area contributed by atoms with Gasteiger partial charge in [0.15, 0.2) is 0 Å². The molecule has 1 saturated heterocycles. The molecule has 36 heavy (non-hydrogen) atoms. The molecular formula is C27H33N7O2. The molecule has 3 heterocycles. The molecule has 0 atom stereocenters. The zero-order valence-corrected chi connectivity index (χ0v) is 21.1. The van der Waals surface area contributed by atoms with E-state index in [0.717, 1.165) is 90.9 Å². The number of hydrogen-bond acceptors (Lipinski definition) is 8. The van der Waals surface area contributed by atoms with E-state index in [1.807, 2.05) is 31.6 Å². The minimum Gasteiger partial charge on any atom is -0.497 e. The summed E-state index contributed by atoms with van der Waals surface area (Å²) in [6.45, 7) is 6.01. The molecule has 188 valence electrons. The highest BCUT2D eigenvalue weighted by Gasteiger charge is 2.17. The van der Waals surface area contributed by atoms with E-state index in [1.54, 1.807) is 25.1 Å². The van der Waals surface area contributed by atoms with Crippen LogP contribution in [0.2, 0.25) is 0 Å². The Kier molecular flexibility index (Phi) is 7.29. The van der Waals surface area contributed by atoms with Crippen molar-refractivity contribution in [2.24, 2.45) is 7.05 Å². The molecule has 0 amide bonds. The van der Waals surface area contributed by atoms with Crippen LogP contribution in [0.4, 0.5) is 11.4 Å². The molecule has 0 bridgehead atoms. The first-order valence-corrected chi connectivity index (χ1v) is 12.3. The lowest BCUT2D eigenvalue weighted by Crippen LogP contribution is -2.35. The van der Waals surface area contributed by atoms with Gasteiger partial charge in [0, 0.05) is 74.6 Å². The van der Waals surface area contributed by atoms with E-state index in [1.165, 1.54) is 0 Å². The first-order chi connectivity index (χ1) is 17.6. The van der Waals surface area contributed by atoms with Crippen LogP contribution in [0.5, 0.6) is 11.5 Å². The van der Waals surface area contributed by atoms with Gasteiger partial charge in [-0.2, -0.15) is 5.10 Å². The molecule has 9 nitrogen and oxygen atoms in total. The number of aromatic nitrogens is 4. The molecule has 9 heteroatoms. The van der Waals surface area contributed by atoms with Crippen molar-refractivity contribution in [3.8, 4) is 22.8 Å². The van der Waals surface area contributed by atoms with Crippen LogP contribution >= 0.6 is 0 Å². The van der Waals surface area contributed by atoms with Gasteiger partial charge in [-0.25, -0.2) is 4.98 Å². The molecule has 0 spiro atoms. The number of fused-ring (bicyclic) bond motifs is 1. The summed E-state index contributed by atoms with van der Waals surface area (Å²) >= 11 is 0. The Balaban J connectivity index is 1.52. The van der Waals surface area contributed by atoms with Crippen molar-refractivity contribution in [1.82, 2.24) is 30.0 Å². The standard InChI is InChI=1S/C27H33N7O2/c1-32-19-20(17-30-32)27-18-29-25-6-5-21(15-26(25)31-27)34(12-11-33-9-4-7-28-8-10-33)22-13-23(35-2)16-24(14-22)36-3/h5-6,13-19,28H,4,7-12H2,1-3H3. The Hall–Kier alpha value is -3.69. The molecule has 2 aromatic heterocycles. The lowest BCUT2D eigenvalue weighted by Gasteiger charge is -2.29. The molecule has 1 aliphatic heterocycles. The largest absolute Gasteiger partial charge is 0.497 e. The summed E-state index contributed by atoms with van der Waals surface area (Å²) in [7, 11) is 5.26. The molecule has 5 rings (SSSR count). The molecule has 1 N–H and O–H groups in total. The number of nitrogens with one attached hydrogen (secondary N) is 1. The number of anilines is 2. The molecule has 0 unspecified atom stereocenters. The summed E-state index contributed by atoms with van der Waals surface area (Å²) in [5.41, 5.74) is 5.50. The van der Waals surface area contributed by atoms with Gasteiger partial charge in [-0.1, -0.05) is 0 Å². The number of benzene rings is 2. The minimum absolute atomic E-state index is 0.757. The smallest absolute Gasteiger partial charge is 0.124 e. The van der Waals surface area contributed by atoms with E-state index in [9.17, 15) is 0 Å². The highest BCUT2D eigenvalue weighted by atomic mass is 16.5. The van der Waals surface area contributed by atoms with Gasteiger partial charge in [-0.15, -0.1) is 0 Å². The van der Waals surface area contributed by atoms with Crippen molar-refractivity contribution in [3.05, 3.63) is 55.0 Å². The van der Waals surface area contributed by atoms with E-state index < -0.39 is 0 Å². The van der Waals surface area contributed by atoms with Gasteiger partial charge in [-0.05, 0) is 37.7 Å². The molecule has 4 aromatic rings. The highest BCUT2D eigenvalue weighted by molar-refractivity contribution is 5.82. The van der Waals surface area contributed by atoms with E-state index in [2.05, 4.69) is 49.5 Å². The summed E-state index contributed by atoms with van der Waals surface area (Å²) in [5, 5.41) is 7.76. The Morgan fingerprint density at radius 1 is 0.944 bits per heavy atom. The predicted molar refractivity (Wildman–Crippen MR) is 142 cm³/mol. The zero-order valence-electron chi connectivity index (χ0n) is 21.1. The second-order valence-corrected chi connectivity index (χ2v) is 9.00. The highest BCUT2D eigenvalue weighted by Crippen LogP contribution is 2.34. The fraction of sp³-hybridized carbons (Fsp3) is 0.370. The van der Waals surface area contributed by atoms with Gasteiger partial charge < -0.3 is 24.6 Å². The Morgan fingerprint density at radius 3 is 2.53 bits per heavy atom. The molecular weight excluding hydrogens is 454 g/mol. The Labute approximate surface area is 211 Å². The fourth-order valence-electron chi connectivity index (χ4n) is 4.58. The monoisotopic (exact) mass is 487 g/mol. The molecule has 0 saturated carbocycles. The summed E-state index contributed by atoms with van der Waals surface area (Å²) in [6.07, 6.45) is 6.72. The van der Waals surface area contributed by atoms with E-state index in [4.69, 9.17) is 14.5 Å². The van der Waals surface area contributed by atoms with Crippen molar-refractivity contribution < 1.29 is 9.47 Å². The lowest BCUT2D eigenvalue weighted by molar-refractivity contribution is 0.300.